The highest BCUT2D eigenvalue weighted by atomic mass is 16.5. The van der Waals surface area contributed by atoms with E-state index in [9.17, 15) is 0 Å². The van der Waals surface area contributed by atoms with Crippen molar-refractivity contribution in [2.45, 2.75) is 12.5 Å². The number of ether oxygens (including phenoxy) is 1. The second-order valence-corrected chi connectivity index (χ2v) is 3.50. The molecule has 0 saturated carbocycles. The normalized spacial score (nSPS) is 30.3. The molecule has 2 fully saturated rings. The molecule has 0 aromatic carbocycles. The number of nitrogens with zero attached hydrogens (tertiary/aromatic N) is 1. The van der Waals surface area contributed by atoms with Gasteiger partial charge in [0, 0.05) is 26.2 Å². The maximum absolute atomic E-state index is 5.73. The fourth-order valence-corrected chi connectivity index (χ4v) is 1.81. The van der Waals surface area contributed by atoms with E-state index in [1.807, 2.05) is 0 Å². The van der Waals surface area contributed by atoms with E-state index in [0.717, 1.165) is 39.3 Å². The van der Waals surface area contributed by atoms with Crippen LogP contribution >= 0.6 is 0 Å². The zero-order valence-electron chi connectivity index (χ0n) is 7.10. The second-order valence-electron chi connectivity index (χ2n) is 3.50. The van der Waals surface area contributed by atoms with Crippen molar-refractivity contribution in [3.63, 3.8) is 0 Å². The fraction of sp³-hybridized carbons (Fsp3) is 1.00. The van der Waals surface area contributed by atoms with Crippen molar-refractivity contribution in [2.75, 3.05) is 39.3 Å². The third-order valence-corrected chi connectivity index (χ3v) is 2.67. The van der Waals surface area contributed by atoms with Crippen molar-refractivity contribution >= 4 is 0 Å². The molecular weight excluding hydrogens is 140 g/mol. The van der Waals surface area contributed by atoms with Gasteiger partial charge in [-0.3, -0.25) is 4.90 Å². The van der Waals surface area contributed by atoms with Crippen LogP contribution in [0.1, 0.15) is 6.92 Å². The Balaban J connectivity index is 1.92. The van der Waals surface area contributed by atoms with Crippen LogP contribution in [-0.2, 0) is 4.74 Å². The van der Waals surface area contributed by atoms with Crippen molar-refractivity contribution in [3.05, 3.63) is 0 Å². The quantitative estimate of drug-likeness (QED) is 0.563. The Morgan fingerprint density at radius 3 is 2.91 bits per heavy atom. The Morgan fingerprint density at radius 1 is 1.55 bits per heavy atom. The molecule has 0 radical (unpaired) electrons. The number of likely N-dealkylation sites (N-methyl/N-ethyl adjacent to an activating group) is 1. The Kier molecular flexibility index (Phi) is 1.87. The molecule has 2 aliphatic heterocycles. The van der Waals surface area contributed by atoms with Gasteiger partial charge in [-0.2, -0.15) is 0 Å². The van der Waals surface area contributed by atoms with Gasteiger partial charge < -0.3 is 10.1 Å². The molecule has 0 atom stereocenters. The molecule has 2 heterocycles. The lowest BCUT2D eigenvalue weighted by Gasteiger charge is -2.48. The molecule has 0 bridgehead atoms. The van der Waals surface area contributed by atoms with Gasteiger partial charge in [0.05, 0.1) is 6.61 Å². The zero-order valence-corrected chi connectivity index (χ0v) is 7.10. The van der Waals surface area contributed by atoms with E-state index in [2.05, 4.69) is 17.1 Å². The van der Waals surface area contributed by atoms with Gasteiger partial charge >= 0.3 is 0 Å². The summed E-state index contributed by atoms with van der Waals surface area (Å²) in [5.74, 6) is 0. The molecule has 3 nitrogen and oxygen atoms in total. The predicted molar refractivity (Wildman–Crippen MR) is 43.7 cm³/mol. The van der Waals surface area contributed by atoms with Crippen LogP contribution in [0.3, 0.4) is 0 Å². The van der Waals surface area contributed by atoms with E-state index >= 15 is 0 Å². The fourth-order valence-electron chi connectivity index (χ4n) is 1.81. The van der Waals surface area contributed by atoms with Gasteiger partial charge in [0.1, 0.15) is 5.60 Å². The average molecular weight is 156 g/mol. The summed E-state index contributed by atoms with van der Waals surface area (Å²) in [5.41, 5.74) is 0.189. The zero-order chi connectivity index (χ0) is 7.73. The standard InChI is InChI=1S/C8H16N2O/c1-2-10-3-4-11-8(7-10)5-9-6-8/h9H,2-7H2,1H3. The molecule has 11 heavy (non-hydrogen) atoms. The first-order valence-corrected chi connectivity index (χ1v) is 4.42. The monoisotopic (exact) mass is 156 g/mol. The summed E-state index contributed by atoms with van der Waals surface area (Å²) in [5, 5.41) is 3.26. The third-order valence-electron chi connectivity index (χ3n) is 2.67. The van der Waals surface area contributed by atoms with Gasteiger partial charge in [-0.05, 0) is 6.54 Å². The molecule has 2 rings (SSSR count). The Labute approximate surface area is 67.7 Å². The highest BCUT2D eigenvalue weighted by Gasteiger charge is 2.41. The van der Waals surface area contributed by atoms with Gasteiger partial charge in [0.25, 0.3) is 0 Å². The Bertz CT molecular complexity index is 145. The third kappa shape index (κ3) is 1.28. The lowest BCUT2D eigenvalue weighted by molar-refractivity contribution is -0.134. The van der Waals surface area contributed by atoms with Crippen molar-refractivity contribution in [1.82, 2.24) is 10.2 Å². The van der Waals surface area contributed by atoms with E-state index < -0.39 is 0 Å². The summed E-state index contributed by atoms with van der Waals surface area (Å²) in [7, 11) is 0. The first-order valence-electron chi connectivity index (χ1n) is 4.42. The van der Waals surface area contributed by atoms with E-state index in [1.54, 1.807) is 0 Å². The first kappa shape index (κ1) is 7.53. The topological polar surface area (TPSA) is 24.5 Å². The molecule has 64 valence electrons. The average Bonchev–Trinajstić information content (AvgIpc) is 2.02. The van der Waals surface area contributed by atoms with Gasteiger partial charge in [-0.15, -0.1) is 0 Å². The van der Waals surface area contributed by atoms with Crippen LogP contribution in [0.25, 0.3) is 0 Å². The molecule has 2 aliphatic rings. The second kappa shape index (κ2) is 2.73. The number of hydrogen-bond donors (Lipinski definition) is 1. The molecule has 0 amide bonds. The van der Waals surface area contributed by atoms with E-state index in [-0.39, 0.29) is 5.60 Å². The van der Waals surface area contributed by atoms with Crippen LogP contribution in [0.5, 0.6) is 0 Å². The molecule has 0 aromatic rings. The van der Waals surface area contributed by atoms with Crippen LogP contribution in [0.4, 0.5) is 0 Å². The van der Waals surface area contributed by atoms with E-state index in [1.165, 1.54) is 0 Å². The SMILES string of the molecule is CCN1CCOC2(CNC2)C1. The van der Waals surface area contributed by atoms with Crippen molar-refractivity contribution in [2.24, 2.45) is 0 Å². The number of morpholine rings is 1. The van der Waals surface area contributed by atoms with Crippen LogP contribution in [0, 0.1) is 0 Å². The van der Waals surface area contributed by atoms with Gasteiger partial charge in [-0.25, -0.2) is 0 Å². The predicted octanol–water partition coefficient (Wildman–Crippen LogP) is -0.319. The van der Waals surface area contributed by atoms with Crippen LogP contribution in [0.15, 0.2) is 0 Å². The lowest BCUT2D eigenvalue weighted by Crippen LogP contribution is -2.68. The summed E-state index contributed by atoms with van der Waals surface area (Å²) < 4.78 is 5.73. The smallest absolute Gasteiger partial charge is 0.106 e. The molecule has 0 aliphatic carbocycles. The number of nitrogens with one attached hydrogen (secondary N) is 1. The minimum atomic E-state index is 0.189. The molecule has 2 saturated heterocycles. The van der Waals surface area contributed by atoms with Crippen molar-refractivity contribution in [1.29, 1.82) is 0 Å². The molecule has 0 unspecified atom stereocenters. The van der Waals surface area contributed by atoms with Gasteiger partial charge in [-0.1, -0.05) is 6.92 Å². The molecule has 3 heteroatoms. The number of rotatable bonds is 1. The summed E-state index contributed by atoms with van der Waals surface area (Å²) in [6.07, 6.45) is 0. The van der Waals surface area contributed by atoms with Crippen molar-refractivity contribution < 1.29 is 4.74 Å². The lowest BCUT2D eigenvalue weighted by atomic mass is 9.95. The van der Waals surface area contributed by atoms with E-state index in [4.69, 9.17) is 4.74 Å². The molecule has 0 aromatic heterocycles. The van der Waals surface area contributed by atoms with E-state index in [0.29, 0.717) is 0 Å². The minimum Gasteiger partial charge on any atom is -0.370 e. The van der Waals surface area contributed by atoms with Crippen LogP contribution < -0.4 is 5.32 Å². The highest BCUT2D eigenvalue weighted by Crippen LogP contribution is 2.21. The Morgan fingerprint density at radius 2 is 2.36 bits per heavy atom. The molecular formula is C8H16N2O. The molecule has 1 spiro atoms. The van der Waals surface area contributed by atoms with Gasteiger partial charge in [0.15, 0.2) is 0 Å². The largest absolute Gasteiger partial charge is 0.370 e. The summed E-state index contributed by atoms with van der Waals surface area (Å²) in [6.45, 7) is 8.60. The maximum Gasteiger partial charge on any atom is 0.106 e. The van der Waals surface area contributed by atoms with Crippen LogP contribution in [0.2, 0.25) is 0 Å². The van der Waals surface area contributed by atoms with Gasteiger partial charge in [0.2, 0.25) is 0 Å². The summed E-state index contributed by atoms with van der Waals surface area (Å²) >= 11 is 0. The van der Waals surface area contributed by atoms with Crippen LogP contribution in [-0.4, -0.2) is 49.8 Å². The maximum atomic E-state index is 5.73. The first-order chi connectivity index (χ1) is 5.35. The summed E-state index contributed by atoms with van der Waals surface area (Å²) in [6, 6.07) is 0. The minimum absolute atomic E-state index is 0.189. The molecule has 1 N–H and O–H groups in total. The number of hydrogen-bond acceptors (Lipinski definition) is 3. The van der Waals surface area contributed by atoms with Crippen molar-refractivity contribution in [3.8, 4) is 0 Å². The Hall–Kier alpha value is -0.120. The summed E-state index contributed by atoms with van der Waals surface area (Å²) in [4.78, 5) is 2.46. The highest BCUT2D eigenvalue weighted by molar-refractivity contribution is 4.98.